The van der Waals surface area contributed by atoms with Crippen LogP contribution in [-0.2, 0) is 15.5 Å². The first-order chi connectivity index (χ1) is 7.66. The fraction of sp³-hybridized carbons (Fsp3) is 0.500. The minimum atomic E-state index is -1.01. The minimum absolute atomic E-state index is 0.605. The van der Waals surface area contributed by atoms with E-state index in [0.29, 0.717) is 24.7 Å². The van der Waals surface area contributed by atoms with E-state index in [4.69, 9.17) is 10.5 Å². The molecule has 1 rings (SSSR count). The summed E-state index contributed by atoms with van der Waals surface area (Å²) in [5.41, 5.74) is 7.52. The van der Waals surface area contributed by atoms with Crippen LogP contribution < -0.4 is 5.73 Å². The molecule has 0 spiro atoms. The predicted octanol–water partition coefficient (Wildman–Crippen LogP) is 2.11. The number of aryl methyl sites for hydroxylation is 1. The molecule has 90 valence electrons. The molecule has 0 bridgehead atoms. The molecule has 16 heavy (non-hydrogen) atoms. The summed E-state index contributed by atoms with van der Waals surface area (Å²) in [6.45, 7) is 5.25. The maximum atomic E-state index is 12.0. The van der Waals surface area contributed by atoms with Crippen LogP contribution in [0.3, 0.4) is 0 Å². The Hall–Kier alpha value is -0.870. The molecule has 1 aromatic rings. The first kappa shape index (κ1) is 13.2. The second-order valence-electron chi connectivity index (χ2n) is 3.59. The topological polar surface area (TPSA) is 52.3 Å². The fourth-order valence-electron chi connectivity index (χ4n) is 1.40. The SMILES string of the molecule is CCOCCCS(=O)c1cccc(C)c1N. The molecular weight excluding hydrogens is 222 g/mol. The molecule has 2 N–H and O–H groups in total. The number of rotatable bonds is 6. The average molecular weight is 241 g/mol. The largest absolute Gasteiger partial charge is 0.398 e. The van der Waals surface area contributed by atoms with E-state index in [0.717, 1.165) is 16.9 Å². The molecular formula is C12H19NO2S. The third-order valence-corrected chi connectivity index (χ3v) is 3.86. The third-order valence-electron chi connectivity index (χ3n) is 2.35. The number of hydrogen-bond donors (Lipinski definition) is 1. The number of anilines is 1. The molecule has 0 amide bonds. The first-order valence-corrected chi connectivity index (χ1v) is 6.80. The maximum Gasteiger partial charge on any atom is 0.0620 e. The van der Waals surface area contributed by atoms with Gasteiger partial charge in [-0.3, -0.25) is 4.21 Å². The van der Waals surface area contributed by atoms with E-state index in [-0.39, 0.29) is 0 Å². The van der Waals surface area contributed by atoms with Gasteiger partial charge < -0.3 is 10.5 Å². The van der Waals surface area contributed by atoms with Gasteiger partial charge in [-0.05, 0) is 31.9 Å². The number of benzene rings is 1. The van der Waals surface area contributed by atoms with Gasteiger partial charge in [0.15, 0.2) is 0 Å². The van der Waals surface area contributed by atoms with Crippen LogP contribution in [-0.4, -0.2) is 23.2 Å². The van der Waals surface area contributed by atoms with Gasteiger partial charge in [0.1, 0.15) is 0 Å². The maximum absolute atomic E-state index is 12.0. The van der Waals surface area contributed by atoms with Gasteiger partial charge in [-0.1, -0.05) is 12.1 Å². The van der Waals surface area contributed by atoms with Crippen molar-refractivity contribution in [1.29, 1.82) is 0 Å². The fourth-order valence-corrected chi connectivity index (χ4v) is 2.64. The molecule has 0 saturated heterocycles. The van der Waals surface area contributed by atoms with Crippen molar-refractivity contribution >= 4 is 16.5 Å². The molecule has 0 fully saturated rings. The standard InChI is InChI=1S/C12H19NO2S/c1-3-15-8-5-9-16(14)11-7-4-6-10(2)12(11)13/h4,6-7H,3,5,8-9,13H2,1-2H3. The van der Waals surface area contributed by atoms with Crippen molar-refractivity contribution in [1.82, 2.24) is 0 Å². The summed E-state index contributed by atoms with van der Waals surface area (Å²) in [7, 11) is -1.01. The second-order valence-corrected chi connectivity index (χ2v) is 5.13. The number of para-hydroxylation sites is 1. The zero-order valence-electron chi connectivity index (χ0n) is 9.86. The Morgan fingerprint density at radius 2 is 2.19 bits per heavy atom. The quantitative estimate of drug-likeness (QED) is 0.613. The van der Waals surface area contributed by atoms with Crippen molar-refractivity contribution in [3.8, 4) is 0 Å². The summed E-state index contributed by atoms with van der Waals surface area (Å²) in [4.78, 5) is 0.747. The van der Waals surface area contributed by atoms with E-state index >= 15 is 0 Å². The molecule has 1 atom stereocenters. The summed E-state index contributed by atoms with van der Waals surface area (Å²) in [5, 5.41) is 0. The van der Waals surface area contributed by atoms with Crippen LogP contribution in [0.1, 0.15) is 18.9 Å². The van der Waals surface area contributed by atoms with Crippen molar-refractivity contribution in [2.24, 2.45) is 0 Å². The Balaban J connectivity index is 2.56. The zero-order valence-corrected chi connectivity index (χ0v) is 10.7. The highest BCUT2D eigenvalue weighted by Gasteiger charge is 2.08. The zero-order chi connectivity index (χ0) is 12.0. The minimum Gasteiger partial charge on any atom is -0.398 e. The van der Waals surface area contributed by atoms with Gasteiger partial charge in [0.25, 0.3) is 0 Å². The van der Waals surface area contributed by atoms with E-state index in [1.54, 1.807) is 0 Å². The molecule has 0 aliphatic carbocycles. The van der Waals surface area contributed by atoms with Gasteiger partial charge >= 0.3 is 0 Å². The normalized spacial score (nSPS) is 12.6. The van der Waals surface area contributed by atoms with E-state index in [9.17, 15) is 4.21 Å². The molecule has 1 unspecified atom stereocenters. The molecule has 3 nitrogen and oxygen atoms in total. The van der Waals surface area contributed by atoms with Crippen molar-refractivity contribution in [3.63, 3.8) is 0 Å². The van der Waals surface area contributed by atoms with E-state index in [2.05, 4.69) is 0 Å². The predicted molar refractivity (Wildman–Crippen MR) is 68.0 cm³/mol. The molecule has 0 aliphatic rings. The van der Waals surface area contributed by atoms with Gasteiger partial charge in [0.2, 0.25) is 0 Å². The second kappa shape index (κ2) is 6.66. The number of nitrogens with two attached hydrogens (primary N) is 1. The molecule has 0 aliphatic heterocycles. The van der Waals surface area contributed by atoms with Crippen LogP contribution in [0.15, 0.2) is 23.1 Å². The number of nitrogen functional groups attached to an aromatic ring is 1. The van der Waals surface area contributed by atoms with Crippen LogP contribution in [0, 0.1) is 6.92 Å². The lowest BCUT2D eigenvalue weighted by Gasteiger charge is -2.08. The van der Waals surface area contributed by atoms with Gasteiger partial charge in [-0.15, -0.1) is 0 Å². The summed E-state index contributed by atoms with van der Waals surface area (Å²) >= 11 is 0. The lowest BCUT2D eigenvalue weighted by molar-refractivity contribution is 0.149. The summed E-state index contributed by atoms with van der Waals surface area (Å²) in [6, 6.07) is 5.65. The van der Waals surface area contributed by atoms with Crippen molar-refractivity contribution in [2.75, 3.05) is 24.7 Å². The van der Waals surface area contributed by atoms with Crippen molar-refractivity contribution < 1.29 is 8.95 Å². The van der Waals surface area contributed by atoms with Crippen LogP contribution >= 0.6 is 0 Å². The van der Waals surface area contributed by atoms with E-state index in [1.165, 1.54) is 0 Å². The van der Waals surface area contributed by atoms with Gasteiger partial charge in [0, 0.05) is 19.0 Å². The van der Waals surface area contributed by atoms with Crippen molar-refractivity contribution in [2.45, 2.75) is 25.2 Å². The molecule has 0 heterocycles. The highest BCUT2D eigenvalue weighted by molar-refractivity contribution is 7.85. The number of hydrogen-bond acceptors (Lipinski definition) is 3. The summed E-state index contributed by atoms with van der Waals surface area (Å²) < 4.78 is 17.2. The molecule has 1 aromatic carbocycles. The monoisotopic (exact) mass is 241 g/mol. The third kappa shape index (κ3) is 3.61. The van der Waals surface area contributed by atoms with Crippen LogP contribution in [0.2, 0.25) is 0 Å². The Bertz CT molecular complexity index is 366. The molecule has 4 heteroatoms. The highest BCUT2D eigenvalue weighted by atomic mass is 32.2. The molecule has 0 radical (unpaired) electrons. The van der Waals surface area contributed by atoms with E-state index in [1.807, 2.05) is 32.0 Å². The number of ether oxygens (including phenoxy) is 1. The first-order valence-electron chi connectivity index (χ1n) is 5.48. The highest BCUT2D eigenvalue weighted by Crippen LogP contribution is 2.20. The van der Waals surface area contributed by atoms with Crippen LogP contribution in [0.4, 0.5) is 5.69 Å². The van der Waals surface area contributed by atoms with Crippen LogP contribution in [0.5, 0.6) is 0 Å². The van der Waals surface area contributed by atoms with Crippen molar-refractivity contribution in [3.05, 3.63) is 23.8 Å². The Labute approximate surface area is 99.4 Å². The Morgan fingerprint density at radius 1 is 1.44 bits per heavy atom. The lowest BCUT2D eigenvalue weighted by Crippen LogP contribution is -2.06. The van der Waals surface area contributed by atoms with Crippen LogP contribution in [0.25, 0.3) is 0 Å². The smallest absolute Gasteiger partial charge is 0.0620 e. The van der Waals surface area contributed by atoms with Gasteiger partial charge in [-0.2, -0.15) is 0 Å². The van der Waals surface area contributed by atoms with E-state index < -0.39 is 10.8 Å². The molecule has 0 aromatic heterocycles. The summed E-state index contributed by atoms with van der Waals surface area (Å²) in [6.07, 6.45) is 0.799. The lowest BCUT2D eigenvalue weighted by atomic mass is 10.2. The summed E-state index contributed by atoms with van der Waals surface area (Å²) in [5.74, 6) is 0.605. The Kier molecular flexibility index (Phi) is 5.49. The van der Waals surface area contributed by atoms with Gasteiger partial charge in [-0.25, -0.2) is 0 Å². The molecule has 0 saturated carbocycles. The van der Waals surface area contributed by atoms with Gasteiger partial charge in [0.05, 0.1) is 21.4 Å². The Morgan fingerprint density at radius 3 is 2.88 bits per heavy atom. The average Bonchev–Trinajstić information content (AvgIpc) is 2.28.